The van der Waals surface area contributed by atoms with Gasteiger partial charge < -0.3 is 19.3 Å². The minimum Gasteiger partial charge on any atom is -0.593 e. The number of nitriles is 1. The van der Waals surface area contributed by atoms with Crippen molar-refractivity contribution in [1.29, 1.82) is 5.26 Å². The second-order valence-electron chi connectivity index (χ2n) is 7.01. The monoisotopic (exact) mass is 504 g/mol. The minimum atomic E-state index is -4.76. The predicted octanol–water partition coefficient (Wildman–Crippen LogP) is 4.58. The average Bonchev–Trinajstić information content (AvgIpc) is 2.83. The largest absolute Gasteiger partial charge is 0.593 e. The van der Waals surface area contributed by atoms with E-state index in [2.05, 4.69) is 15.0 Å². The Morgan fingerprint density at radius 2 is 1.94 bits per heavy atom. The number of alkyl halides is 3. The number of carbonyl (C=O) groups is 1. The summed E-state index contributed by atoms with van der Waals surface area (Å²) in [5, 5.41) is 11.6. The molecule has 0 bridgehead atoms. The number of nitrogens with one attached hydrogen (secondary N) is 2. The van der Waals surface area contributed by atoms with Crippen LogP contribution in [0.1, 0.15) is 27.0 Å². The maximum absolute atomic E-state index is 13.6. The van der Waals surface area contributed by atoms with Gasteiger partial charge in [0.25, 0.3) is 5.91 Å². The molecule has 0 aliphatic rings. The summed E-state index contributed by atoms with van der Waals surface area (Å²) in [6.07, 6.45) is -4.19. The van der Waals surface area contributed by atoms with Gasteiger partial charge in [-0.25, -0.2) is 4.98 Å². The Hall–Kier alpha value is -3.79. The number of pyridine rings is 1. The second-order valence-corrected chi connectivity index (χ2v) is 8.43. The van der Waals surface area contributed by atoms with E-state index < -0.39 is 46.0 Å². The number of ether oxygens (including phenoxy) is 2. The quantitative estimate of drug-likeness (QED) is 0.452. The number of nitrogens with zero attached hydrogens (tertiary/aromatic N) is 2. The van der Waals surface area contributed by atoms with Crippen LogP contribution >= 0.6 is 0 Å². The number of amides is 1. The summed E-state index contributed by atoms with van der Waals surface area (Å²) in [7, 11) is 2.81. The number of hydrogen-bond donors (Lipinski definition) is 2. The Labute approximate surface area is 202 Å². The van der Waals surface area contributed by atoms with E-state index >= 15 is 0 Å². The lowest BCUT2D eigenvalue weighted by atomic mass is 10.0. The van der Waals surface area contributed by atoms with Gasteiger partial charge >= 0.3 is 6.18 Å². The fourth-order valence-electron chi connectivity index (χ4n) is 3.14. The van der Waals surface area contributed by atoms with Gasteiger partial charge in [-0.05, 0) is 36.8 Å². The van der Waals surface area contributed by atoms with Crippen LogP contribution in [-0.4, -0.2) is 29.6 Å². The number of benzene rings is 2. The highest BCUT2D eigenvalue weighted by molar-refractivity contribution is 7.89. The molecule has 1 amide bonds. The van der Waals surface area contributed by atoms with Crippen molar-refractivity contribution in [2.24, 2.45) is 0 Å². The number of methoxy groups -OCH3 is 1. The smallest absolute Gasteiger partial charge is 0.418 e. The third-order valence-corrected chi connectivity index (χ3v) is 5.88. The summed E-state index contributed by atoms with van der Waals surface area (Å²) in [5.74, 6) is -1.15. The van der Waals surface area contributed by atoms with Gasteiger partial charge in [-0.15, -0.1) is 4.72 Å². The van der Waals surface area contributed by atoms with Gasteiger partial charge in [-0.1, -0.05) is 6.07 Å². The lowest BCUT2D eigenvalue weighted by Gasteiger charge is -2.18. The molecule has 0 saturated heterocycles. The number of halogens is 3. The van der Waals surface area contributed by atoms with E-state index in [1.165, 1.54) is 50.6 Å². The van der Waals surface area contributed by atoms with Crippen molar-refractivity contribution < 1.29 is 32.0 Å². The van der Waals surface area contributed by atoms with Crippen molar-refractivity contribution in [3.05, 3.63) is 70.9 Å². The molecule has 2 aromatic carbocycles. The SMILES string of the molecule is CN[S+]([O-])c1cccc(NC(=O)c2c(Oc3ccc(C#N)cc3OC)ncc(C(F)(F)F)c2C)c1. The Balaban J connectivity index is 2.07. The first-order valence-electron chi connectivity index (χ1n) is 9.92. The van der Waals surface area contributed by atoms with E-state index in [0.717, 1.165) is 6.92 Å². The number of carbonyl (C=O) groups excluding carboxylic acids is 1. The van der Waals surface area contributed by atoms with E-state index in [1.807, 2.05) is 6.07 Å². The van der Waals surface area contributed by atoms with Gasteiger partial charge in [0.15, 0.2) is 16.4 Å². The summed E-state index contributed by atoms with van der Waals surface area (Å²) in [4.78, 5) is 17.3. The van der Waals surface area contributed by atoms with Crippen molar-refractivity contribution in [3.63, 3.8) is 0 Å². The number of rotatable bonds is 7. The first-order valence-corrected chi connectivity index (χ1v) is 11.1. The van der Waals surface area contributed by atoms with Crippen LogP contribution in [-0.2, 0) is 17.5 Å². The highest BCUT2D eigenvalue weighted by Crippen LogP contribution is 2.38. The maximum Gasteiger partial charge on any atom is 0.418 e. The average molecular weight is 504 g/mol. The molecule has 3 aromatic rings. The lowest BCUT2D eigenvalue weighted by Crippen LogP contribution is -2.20. The Bertz CT molecular complexity index is 1290. The van der Waals surface area contributed by atoms with Crippen LogP contribution in [0, 0.1) is 18.3 Å². The molecule has 182 valence electrons. The summed E-state index contributed by atoms with van der Waals surface area (Å²) in [6, 6.07) is 12.1. The van der Waals surface area contributed by atoms with Gasteiger partial charge in [-0.2, -0.15) is 18.4 Å². The van der Waals surface area contributed by atoms with Crippen molar-refractivity contribution in [3.8, 4) is 23.4 Å². The molecule has 2 N–H and O–H groups in total. The fourth-order valence-corrected chi connectivity index (χ4v) is 3.81. The molecule has 0 fully saturated rings. The van der Waals surface area contributed by atoms with Gasteiger partial charge in [0, 0.05) is 31.1 Å². The van der Waals surface area contributed by atoms with E-state index in [4.69, 9.17) is 14.7 Å². The predicted molar refractivity (Wildman–Crippen MR) is 122 cm³/mol. The van der Waals surface area contributed by atoms with Crippen molar-refractivity contribution in [2.75, 3.05) is 19.5 Å². The zero-order chi connectivity index (χ0) is 25.8. The summed E-state index contributed by atoms with van der Waals surface area (Å²) >= 11 is -1.54. The molecule has 1 aromatic heterocycles. The maximum atomic E-state index is 13.6. The third-order valence-electron chi connectivity index (χ3n) is 4.83. The van der Waals surface area contributed by atoms with Crippen molar-refractivity contribution in [1.82, 2.24) is 9.71 Å². The summed E-state index contributed by atoms with van der Waals surface area (Å²) in [5.41, 5.74) is -1.49. The molecule has 0 spiro atoms. The van der Waals surface area contributed by atoms with Crippen LogP contribution in [0.15, 0.2) is 53.6 Å². The van der Waals surface area contributed by atoms with Gasteiger partial charge in [-0.3, -0.25) is 4.79 Å². The zero-order valence-corrected chi connectivity index (χ0v) is 19.5. The lowest BCUT2D eigenvalue weighted by molar-refractivity contribution is -0.138. The molecule has 0 aliphatic heterocycles. The normalized spacial score (nSPS) is 11.9. The number of hydrogen-bond acceptors (Lipinski definition) is 7. The second kappa shape index (κ2) is 10.6. The highest BCUT2D eigenvalue weighted by atomic mass is 32.2. The Kier molecular flexibility index (Phi) is 7.85. The molecule has 0 saturated carbocycles. The van der Waals surface area contributed by atoms with Crippen LogP contribution in [0.2, 0.25) is 0 Å². The molecule has 12 heteroatoms. The van der Waals surface area contributed by atoms with Gasteiger partial charge in [0.05, 0.1) is 35.7 Å². The van der Waals surface area contributed by atoms with Gasteiger partial charge in [0.1, 0.15) is 5.56 Å². The fraction of sp³-hybridized carbons (Fsp3) is 0.174. The van der Waals surface area contributed by atoms with Crippen molar-refractivity contribution in [2.45, 2.75) is 18.0 Å². The van der Waals surface area contributed by atoms with Crippen LogP contribution < -0.4 is 19.5 Å². The number of anilines is 1. The molecule has 1 heterocycles. The standard InChI is InChI=1S/C23H19F3N4O4S/c1-13-17(23(24,25)26)12-29-22(34-18-8-7-14(11-27)9-19(18)33-3)20(13)21(31)30-15-5-4-6-16(10-15)35(32)28-2/h4-10,12,28H,1-3H3,(H,30,31). The summed E-state index contributed by atoms with van der Waals surface area (Å²) in [6.45, 7) is 1.13. The third kappa shape index (κ3) is 5.83. The van der Waals surface area contributed by atoms with Crippen LogP contribution in [0.25, 0.3) is 0 Å². The van der Waals surface area contributed by atoms with E-state index in [-0.39, 0.29) is 22.7 Å². The first-order chi connectivity index (χ1) is 16.6. The van der Waals surface area contributed by atoms with E-state index in [0.29, 0.717) is 11.1 Å². The molecular weight excluding hydrogens is 485 g/mol. The van der Waals surface area contributed by atoms with Crippen LogP contribution in [0.5, 0.6) is 17.4 Å². The van der Waals surface area contributed by atoms with E-state index in [1.54, 1.807) is 6.07 Å². The molecule has 1 atom stereocenters. The molecule has 1 unspecified atom stereocenters. The Morgan fingerprint density at radius 3 is 2.57 bits per heavy atom. The Morgan fingerprint density at radius 1 is 1.20 bits per heavy atom. The molecule has 0 radical (unpaired) electrons. The van der Waals surface area contributed by atoms with Crippen molar-refractivity contribution >= 4 is 23.0 Å². The first kappa shape index (κ1) is 25.8. The molecular formula is C23H19F3N4O4S. The molecule has 35 heavy (non-hydrogen) atoms. The van der Waals surface area contributed by atoms with Crippen LogP contribution in [0.4, 0.5) is 18.9 Å². The van der Waals surface area contributed by atoms with E-state index in [9.17, 15) is 22.5 Å². The summed E-state index contributed by atoms with van der Waals surface area (Å²) < 4.78 is 66.1. The molecule has 3 rings (SSSR count). The van der Waals surface area contributed by atoms with Crippen LogP contribution in [0.3, 0.4) is 0 Å². The number of aromatic nitrogens is 1. The molecule has 0 aliphatic carbocycles. The molecule has 8 nitrogen and oxygen atoms in total. The highest BCUT2D eigenvalue weighted by Gasteiger charge is 2.36. The minimum absolute atomic E-state index is 0.0404. The van der Waals surface area contributed by atoms with Gasteiger partial charge in [0.2, 0.25) is 5.88 Å². The zero-order valence-electron chi connectivity index (χ0n) is 18.7. The topological polar surface area (TPSA) is 119 Å².